The average molecular weight is 407 g/mol. The molecule has 1 amide bonds. The Kier molecular flexibility index (Phi) is 5.15. The van der Waals surface area contributed by atoms with Crippen LogP contribution in [0.5, 0.6) is 5.88 Å². The van der Waals surface area contributed by atoms with Crippen LogP contribution in [0.2, 0.25) is 0 Å². The van der Waals surface area contributed by atoms with E-state index in [4.69, 9.17) is 9.84 Å². The van der Waals surface area contributed by atoms with Crippen LogP contribution in [0.1, 0.15) is 23.6 Å². The van der Waals surface area contributed by atoms with E-state index in [9.17, 15) is 4.79 Å². The summed E-state index contributed by atoms with van der Waals surface area (Å²) in [5.74, 6) is 0.223. The molecule has 1 aromatic heterocycles. The Morgan fingerprint density at radius 3 is 2.48 bits per heavy atom. The van der Waals surface area contributed by atoms with Crippen molar-refractivity contribution in [1.29, 1.82) is 0 Å². The molecule has 1 aliphatic heterocycles. The van der Waals surface area contributed by atoms with Gasteiger partial charge in [-0.05, 0) is 34.0 Å². The summed E-state index contributed by atoms with van der Waals surface area (Å²) in [5.41, 5.74) is 2.97. The standard InChI is InChI=1S/C26H21N3O2/c30-26(18-31-25-12-6-7-15-27-25)29-24(20-9-2-1-3-10-20)17-23(28-29)22-14-13-19-8-4-5-11-21(19)16-22/h1-16,24H,17-18H2/t24-/m1/s1. The number of hydrogen-bond donors (Lipinski definition) is 0. The number of aromatic nitrogens is 1. The lowest BCUT2D eigenvalue weighted by molar-refractivity contribution is -0.135. The van der Waals surface area contributed by atoms with E-state index in [1.165, 1.54) is 5.39 Å². The molecule has 0 fully saturated rings. The van der Waals surface area contributed by atoms with Gasteiger partial charge in [0.1, 0.15) is 0 Å². The van der Waals surface area contributed by atoms with E-state index in [0.29, 0.717) is 12.3 Å². The van der Waals surface area contributed by atoms with Crippen molar-refractivity contribution >= 4 is 22.4 Å². The van der Waals surface area contributed by atoms with Crippen LogP contribution in [0.3, 0.4) is 0 Å². The van der Waals surface area contributed by atoms with Gasteiger partial charge in [-0.1, -0.05) is 72.8 Å². The summed E-state index contributed by atoms with van der Waals surface area (Å²) < 4.78 is 5.59. The van der Waals surface area contributed by atoms with Crippen molar-refractivity contribution in [1.82, 2.24) is 9.99 Å². The third-order valence-corrected chi connectivity index (χ3v) is 5.41. The summed E-state index contributed by atoms with van der Waals surface area (Å²) in [6, 6.07) is 29.7. The van der Waals surface area contributed by atoms with Crippen LogP contribution in [-0.4, -0.2) is 28.2 Å². The van der Waals surface area contributed by atoms with Crippen molar-refractivity contribution in [2.75, 3.05) is 6.61 Å². The second kappa shape index (κ2) is 8.40. The molecule has 0 bridgehead atoms. The van der Waals surface area contributed by atoms with Crippen molar-refractivity contribution in [3.05, 3.63) is 108 Å². The van der Waals surface area contributed by atoms with Crippen LogP contribution >= 0.6 is 0 Å². The number of nitrogens with zero attached hydrogens (tertiary/aromatic N) is 3. The van der Waals surface area contributed by atoms with Gasteiger partial charge in [0.2, 0.25) is 5.88 Å². The monoisotopic (exact) mass is 407 g/mol. The second-order valence-corrected chi connectivity index (χ2v) is 7.43. The van der Waals surface area contributed by atoms with Gasteiger partial charge in [-0.2, -0.15) is 5.10 Å². The molecule has 0 saturated carbocycles. The number of fused-ring (bicyclic) bond motifs is 1. The quantitative estimate of drug-likeness (QED) is 0.468. The Morgan fingerprint density at radius 1 is 0.903 bits per heavy atom. The summed E-state index contributed by atoms with van der Waals surface area (Å²) in [7, 11) is 0. The van der Waals surface area contributed by atoms with Crippen LogP contribution in [0.4, 0.5) is 0 Å². The molecule has 0 N–H and O–H groups in total. The highest BCUT2D eigenvalue weighted by Gasteiger charge is 2.33. The van der Waals surface area contributed by atoms with E-state index < -0.39 is 0 Å². The predicted octanol–water partition coefficient (Wildman–Crippen LogP) is 4.99. The first-order chi connectivity index (χ1) is 15.3. The van der Waals surface area contributed by atoms with E-state index in [1.54, 1.807) is 23.3 Å². The lowest BCUT2D eigenvalue weighted by Crippen LogP contribution is -2.31. The van der Waals surface area contributed by atoms with Gasteiger partial charge in [0.15, 0.2) is 6.61 Å². The smallest absolute Gasteiger partial charge is 0.281 e. The molecule has 0 spiro atoms. The van der Waals surface area contributed by atoms with Crippen LogP contribution in [0.15, 0.2) is 102 Å². The molecule has 4 aromatic rings. The maximum Gasteiger partial charge on any atom is 0.281 e. The van der Waals surface area contributed by atoms with Gasteiger partial charge in [0, 0.05) is 18.7 Å². The molecule has 31 heavy (non-hydrogen) atoms. The number of amides is 1. The third kappa shape index (κ3) is 4.03. The molecule has 152 valence electrons. The molecule has 5 rings (SSSR count). The van der Waals surface area contributed by atoms with Crippen molar-refractivity contribution in [3.63, 3.8) is 0 Å². The van der Waals surface area contributed by atoms with E-state index in [0.717, 1.165) is 22.2 Å². The van der Waals surface area contributed by atoms with E-state index in [-0.39, 0.29) is 18.6 Å². The largest absolute Gasteiger partial charge is 0.467 e. The minimum atomic E-state index is -0.199. The second-order valence-electron chi connectivity index (χ2n) is 7.43. The molecule has 0 radical (unpaired) electrons. The number of carbonyl (C=O) groups excluding carboxylic acids is 1. The molecule has 1 aliphatic rings. The Morgan fingerprint density at radius 2 is 1.68 bits per heavy atom. The van der Waals surface area contributed by atoms with Gasteiger partial charge in [0.25, 0.3) is 5.91 Å². The maximum absolute atomic E-state index is 13.1. The van der Waals surface area contributed by atoms with Crippen molar-refractivity contribution in [3.8, 4) is 5.88 Å². The summed E-state index contributed by atoms with van der Waals surface area (Å²) in [6.45, 7) is -0.116. The fraction of sp³-hybridized carbons (Fsp3) is 0.115. The Bertz CT molecular complexity index is 1240. The SMILES string of the molecule is O=C(COc1ccccn1)N1N=C(c2ccc3ccccc3c2)C[C@@H]1c1ccccc1. The fourth-order valence-electron chi connectivity index (χ4n) is 3.85. The minimum Gasteiger partial charge on any atom is -0.467 e. The molecule has 0 saturated heterocycles. The van der Waals surface area contributed by atoms with E-state index in [2.05, 4.69) is 35.3 Å². The first-order valence-corrected chi connectivity index (χ1v) is 10.3. The molecule has 1 atom stereocenters. The number of pyridine rings is 1. The molecule has 3 aromatic carbocycles. The van der Waals surface area contributed by atoms with Gasteiger partial charge in [-0.25, -0.2) is 9.99 Å². The van der Waals surface area contributed by atoms with Gasteiger partial charge in [0.05, 0.1) is 11.8 Å². The Balaban J connectivity index is 1.44. The summed E-state index contributed by atoms with van der Waals surface area (Å²) in [4.78, 5) is 17.2. The fourth-order valence-corrected chi connectivity index (χ4v) is 3.85. The predicted molar refractivity (Wildman–Crippen MR) is 121 cm³/mol. The van der Waals surface area contributed by atoms with Crippen LogP contribution in [0.25, 0.3) is 10.8 Å². The van der Waals surface area contributed by atoms with Crippen molar-refractivity contribution < 1.29 is 9.53 Å². The number of ether oxygens (including phenoxy) is 1. The topological polar surface area (TPSA) is 54.8 Å². The summed E-state index contributed by atoms with van der Waals surface area (Å²) in [5, 5.41) is 8.63. The Labute approximate surface area is 180 Å². The molecule has 0 unspecified atom stereocenters. The lowest BCUT2D eigenvalue weighted by atomic mass is 9.97. The van der Waals surface area contributed by atoms with E-state index in [1.807, 2.05) is 48.5 Å². The number of benzene rings is 3. The molecule has 2 heterocycles. The first kappa shape index (κ1) is 19.0. The number of rotatable bonds is 5. The zero-order valence-electron chi connectivity index (χ0n) is 16.9. The zero-order chi connectivity index (χ0) is 21.0. The maximum atomic E-state index is 13.1. The highest BCUT2D eigenvalue weighted by atomic mass is 16.5. The highest BCUT2D eigenvalue weighted by molar-refractivity contribution is 6.05. The van der Waals surface area contributed by atoms with Crippen molar-refractivity contribution in [2.24, 2.45) is 5.10 Å². The normalized spacial score (nSPS) is 15.7. The highest BCUT2D eigenvalue weighted by Crippen LogP contribution is 2.33. The molecule has 5 heteroatoms. The summed E-state index contributed by atoms with van der Waals surface area (Å²) in [6.07, 6.45) is 2.29. The number of carbonyl (C=O) groups is 1. The lowest BCUT2D eigenvalue weighted by Gasteiger charge is -2.22. The molecule has 0 aliphatic carbocycles. The first-order valence-electron chi connectivity index (χ1n) is 10.3. The van der Waals surface area contributed by atoms with Crippen LogP contribution in [-0.2, 0) is 4.79 Å². The number of hydrogen-bond acceptors (Lipinski definition) is 4. The van der Waals surface area contributed by atoms with Gasteiger partial charge in [-0.3, -0.25) is 4.79 Å². The average Bonchev–Trinajstić information content (AvgIpc) is 3.29. The van der Waals surface area contributed by atoms with Crippen LogP contribution < -0.4 is 4.74 Å². The third-order valence-electron chi connectivity index (χ3n) is 5.41. The number of hydrazone groups is 1. The molecular weight excluding hydrogens is 386 g/mol. The van der Waals surface area contributed by atoms with Crippen molar-refractivity contribution in [2.45, 2.75) is 12.5 Å². The Hall–Kier alpha value is -3.99. The molecule has 5 nitrogen and oxygen atoms in total. The zero-order valence-corrected chi connectivity index (χ0v) is 16.9. The molecular formula is C26H21N3O2. The van der Waals surface area contributed by atoms with Gasteiger partial charge >= 0.3 is 0 Å². The van der Waals surface area contributed by atoms with Gasteiger partial charge in [-0.15, -0.1) is 0 Å². The van der Waals surface area contributed by atoms with Crippen LogP contribution in [0, 0.1) is 0 Å². The van der Waals surface area contributed by atoms with E-state index >= 15 is 0 Å². The summed E-state index contributed by atoms with van der Waals surface area (Å²) >= 11 is 0. The minimum absolute atomic E-state index is 0.116. The van der Waals surface area contributed by atoms with Gasteiger partial charge < -0.3 is 4.74 Å².